The maximum absolute atomic E-state index is 12.9. The van der Waals surface area contributed by atoms with Crippen LogP contribution < -0.4 is 0 Å². The van der Waals surface area contributed by atoms with Gasteiger partial charge < -0.3 is 9.84 Å². The molecule has 5 rings (SSSR count). The Morgan fingerprint density at radius 3 is 3.00 bits per heavy atom. The van der Waals surface area contributed by atoms with E-state index in [0.717, 1.165) is 31.7 Å². The maximum atomic E-state index is 12.9. The number of Topliss-reactive ketones (excluding diaryl/α,β-unsaturated/α-hetero) is 1. The molecule has 1 spiro atoms. The van der Waals surface area contributed by atoms with E-state index in [0.29, 0.717) is 24.7 Å². The molecule has 26 heavy (non-hydrogen) atoms. The molecular weight excluding hydrogens is 326 g/mol. The van der Waals surface area contributed by atoms with Crippen molar-refractivity contribution in [2.24, 2.45) is 23.2 Å². The SMILES string of the molecule is C=CCN1CC[C@@]23C4C5=C(C(C)C)C=CC4C[C@@H]1[C@]2(O)CCC(=O)[C@@H]3O5. The Morgan fingerprint density at radius 1 is 1.46 bits per heavy atom. The van der Waals surface area contributed by atoms with Crippen LogP contribution in [0.1, 0.15) is 39.5 Å². The summed E-state index contributed by atoms with van der Waals surface area (Å²) in [5.74, 6) is 2.08. The second-order valence-electron chi connectivity index (χ2n) is 9.19. The van der Waals surface area contributed by atoms with Gasteiger partial charge in [-0.25, -0.2) is 0 Å². The normalized spacial score (nSPS) is 46.4. The summed E-state index contributed by atoms with van der Waals surface area (Å²) in [6.45, 7) is 9.98. The number of aliphatic hydroxyl groups is 1. The minimum atomic E-state index is -0.844. The van der Waals surface area contributed by atoms with E-state index in [1.165, 1.54) is 5.57 Å². The summed E-state index contributed by atoms with van der Waals surface area (Å²) in [5, 5.41) is 12.1. The molecule has 2 saturated carbocycles. The van der Waals surface area contributed by atoms with Gasteiger partial charge in [0.15, 0.2) is 11.9 Å². The van der Waals surface area contributed by atoms with E-state index in [9.17, 15) is 9.90 Å². The predicted molar refractivity (Wildman–Crippen MR) is 99.3 cm³/mol. The summed E-state index contributed by atoms with van der Waals surface area (Å²) in [6.07, 6.45) is 8.78. The summed E-state index contributed by atoms with van der Waals surface area (Å²) in [6, 6.07) is 0.0827. The Bertz CT molecular complexity index is 738. The van der Waals surface area contributed by atoms with Gasteiger partial charge in [-0.15, -0.1) is 6.58 Å². The van der Waals surface area contributed by atoms with Gasteiger partial charge in [0, 0.05) is 24.9 Å². The molecule has 0 amide bonds. The third-order valence-corrected chi connectivity index (χ3v) is 7.92. The van der Waals surface area contributed by atoms with Crippen molar-refractivity contribution in [1.82, 2.24) is 4.90 Å². The van der Waals surface area contributed by atoms with Crippen LogP contribution in [0.15, 0.2) is 36.1 Å². The van der Waals surface area contributed by atoms with Crippen LogP contribution in [0.5, 0.6) is 0 Å². The molecule has 2 unspecified atom stereocenters. The topological polar surface area (TPSA) is 49.8 Å². The van der Waals surface area contributed by atoms with Gasteiger partial charge in [-0.2, -0.15) is 0 Å². The number of ketones is 1. The highest BCUT2D eigenvalue weighted by Gasteiger charge is 2.76. The average Bonchev–Trinajstić information content (AvgIpc) is 2.95. The summed E-state index contributed by atoms with van der Waals surface area (Å²) in [4.78, 5) is 15.3. The minimum absolute atomic E-state index is 0.0827. The monoisotopic (exact) mass is 355 g/mol. The Kier molecular flexibility index (Phi) is 3.43. The van der Waals surface area contributed by atoms with Crippen LogP contribution in [0.2, 0.25) is 0 Å². The largest absolute Gasteiger partial charge is 0.486 e. The van der Waals surface area contributed by atoms with Crippen LogP contribution in [-0.4, -0.2) is 46.6 Å². The van der Waals surface area contributed by atoms with E-state index in [-0.39, 0.29) is 17.7 Å². The number of hydrogen-bond donors (Lipinski definition) is 1. The predicted octanol–water partition coefficient (Wildman–Crippen LogP) is 2.84. The molecule has 4 nitrogen and oxygen atoms in total. The zero-order valence-electron chi connectivity index (χ0n) is 15.8. The van der Waals surface area contributed by atoms with Crippen LogP contribution >= 0.6 is 0 Å². The third kappa shape index (κ3) is 1.75. The van der Waals surface area contributed by atoms with Crippen molar-refractivity contribution in [3.8, 4) is 0 Å². The van der Waals surface area contributed by atoms with Crippen molar-refractivity contribution in [1.29, 1.82) is 0 Å². The number of piperidine rings is 1. The lowest BCUT2D eigenvalue weighted by Crippen LogP contribution is -2.76. The highest BCUT2D eigenvalue weighted by atomic mass is 16.5. The van der Waals surface area contributed by atoms with E-state index in [2.05, 4.69) is 37.5 Å². The first-order valence-electron chi connectivity index (χ1n) is 10.1. The average molecular weight is 355 g/mol. The second kappa shape index (κ2) is 5.32. The number of allylic oxidation sites excluding steroid dienone is 4. The van der Waals surface area contributed by atoms with Crippen molar-refractivity contribution in [3.63, 3.8) is 0 Å². The molecule has 1 N–H and O–H groups in total. The number of rotatable bonds is 3. The molecule has 0 aromatic carbocycles. The van der Waals surface area contributed by atoms with Gasteiger partial charge in [0.25, 0.3) is 0 Å². The molecule has 3 aliphatic carbocycles. The fraction of sp³-hybridized carbons (Fsp3) is 0.682. The maximum Gasteiger partial charge on any atom is 0.174 e. The van der Waals surface area contributed by atoms with E-state index in [1.54, 1.807) is 0 Å². The molecule has 2 bridgehead atoms. The highest BCUT2D eigenvalue weighted by Crippen LogP contribution is 2.69. The Morgan fingerprint density at radius 2 is 2.27 bits per heavy atom. The van der Waals surface area contributed by atoms with E-state index in [1.807, 2.05) is 6.08 Å². The van der Waals surface area contributed by atoms with Gasteiger partial charge >= 0.3 is 0 Å². The lowest BCUT2D eigenvalue weighted by molar-refractivity contribution is -0.242. The van der Waals surface area contributed by atoms with Crippen molar-refractivity contribution in [3.05, 3.63) is 36.1 Å². The molecule has 0 aromatic rings. The Labute approximate surface area is 155 Å². The van der Waals surface area contributed by atoms with Crippen LogP contribution in [0.3, 0.4) is 0 Å². The van der Waals surface area contributed by atoms with E-state index >= 15 is 0 Å². The molecule has 2 heterocycles. The van der Waals surface area contributed by atoms with Crippen molar-refractivity contribution >= 4 is 5.78 Å². The van der Waals surface area contributed by atoms with Gasteiger partial charge in [-0.05, 0) is 43.2 Å². The molecule has 6 atom stereocenters. The molecule has 140 valence electrons. The zero-order chi connectivity index (χ0) is 18.3. The van der Waals surface area contributed by atoms with Gasteiger partial charge in [0.2, 0.25) is 0 Å². The first-order chi connectivity index (χ1) is 12.4. The molecule has 0 aromatic heterocycles. The van der Waals surface area contributed by atoms with Crippen LogP contribution in [0.25, 0.3) is 0 Å². The second-order valence-corrected chi connectivity index (χ2v) is 9.19. The van der Waals surface area contributed by atoms with Gasteiger partial charge in [-0.1, -0.05) is 32.1 Å². The molecule has 2 saturated heterocycles. The fourth-order valence-corrected chi connectivity index (χ4v) is 6.92. The minimum Gasteiger partial charge on any atom is -0.486 e. The molecule has 0 radical (unpaired) electrons. The first kappa shape index (κ1) is 16.8. The fourth-order valence-electron chi connectivity index (χ4n) is 6.92. The lowest BCUT2D eigenvalue weighted by atomic mass is 9.44. The van der Waals surface area contributed by atoms with Crippen molar-refractivity contribution in [2.75, 3.05) is 13.1 Å². The molecular formula is C22H29NO3. The summed E-state index contributed by atoms with van der Waals surface area (Å²) in [7, 11) is 0. The van der Waals surface area contributed by atoms with E-state index < -0.39 is 17.1 Å². The highest BCUT2D eigenvalue weighted by molar-refractivity contribution is 5.87. The van der Waals surface area contributed by atoms with Gasteiger partial charge in [0.1, 0.15) is 5.76 Å². The van der Waals surface area contributed by atoms with Crippen LogP contribution in [-0.2, 0) is 9.53 Å². The standard InChI is InChI=1S/C22H29NO3/c1-4-10-23-11-9-21-18-14-5-6-15(13(2)3)19(18)26-20(21)16(24)7-8-22(21,25)17(23)12-14/h4-6,13-14,17-18,20,25H,1,7-12H2,2-3H3/t14?,17-,18?,20+,21+,22-/m1/s1. The number of carbonyl (C=O) groups is 1. The molecule has 4 heteroatoms. The number of carbonyl (C=O) groups excluding carboxylic acids is 1. The van der Waals surface area contributed by atoms with Gasteiger partial charge in [-0.3, -0.25) is 9.69 Å². The van der Waals surface area contributed by atoms with E-state index in [4.69, 9.17) is 4.74 Å². The van der Waals surface area contributed by atoms with Gasteiger partial charge in [0.05, 0.1) is 11.0 Å². The third-order valence-electron chi connectivity index (χ3n) is 7.92. The lowest BCUT2D eigenvalue weighted by Gasteiger charge is -2.65. The number of nitrogens with zero attached hydrogens (tertiary/aromatic N) is 1. The Hall–Kier alpha value is -1.39. The number of ether oxygens (including phenoxy) is 1. The van der Waals surface area contributed by atoms with Crippen molar-refractivity contribution < 1.29 is 14.6 Å². The van der Waals surface area contributed by atoms with Crippen LogP contribution in [0, 0.1) is 23.2 Å². The number of hydrogen-bond acceptors (Lipinski definition) is 4. The van der Waals surface area contributed by atoms with Crippen molar-refractivity contribution in [2.45, 2.75) is 57.3 Å². The Balaban J connectivity index is 1.71. The summed E-state index contributed by atoms with van der Waals surface area (Å²) >= 11 is 0. The number of likely N-dealkylation sites (tertiary alicyclic amines) is 1. The smallest absolute Gasteiger partial charge is 0.174 e. The molecule has 5 aliphatic rings. The molecule has 4 fully saturated rings. The zero-order valence-corrected chi connectivity index (χ0v) is 15.8. The summed E-state index contributed by atoms with van der Waals surface area (Å²) < 4.78 is 6.45. The first-order valence-corrected chi connectivity index (χ1v) is 10.1. The quantitative estimate of drug-likeness (QED) is 0.791. The summed E-state index contributed by atoms with van der Waals surface area (Å²) in [5.41, 5.74) is -0.0752. The van der Waals surface area contributed by atoms with Crippen LogP contribution in [0.4, 0.5) is 0 Å². The molecule has 2 aliphatic heterocycles.